The molecule has 0 atom stereocenters. The highest BCUT2D eigenvalue weighted by Crippen LogP contribution is 2.32. The van der Waals surface area contributed by atoms with Crippen molar-refractivity contribution in [3.8, 4) is 11.4 Å². The van der Waals surface area contributed by atoms with Crippen molar-refractivity contribution in [3.05, 3.63) is 82.5 Å². The van der Waals surface area contributed by atoms with E-state index in [9.17, 15) is 17.6 Å². The van der Waals surface area contributed by atoms with Crippen molar-refractivity contribution in [2.45, 2.75) is 50.9 Å². The molecule has 39 heavy (non-hydrogen) atoms. The molecule has 8 nitrogen and oxygen atoms in total. The van der Waals surface area contributed by atoms with Crippen molar-refractivity contribution < 1.29 is 17.5 Å². The summed E-state index contributed by atoms with van der Waals surface area (Å²) >= 11 is 0. The number of hydrogen-bond acceptors (Lipinski definition) is 6. The first kappa shape index (κ1) is 27.3. The molecule has 0 amide bonds. The number of hydrogen-bond donors (Lipinski definition) is 0. The molecule has 3 aromatic rings. The maximum atomic E-state index is 13.7. The summed E-state index contributed by atoms with van der Waals surface area (Å²) in [5, 5.41) is 4.38. The molecular formula is C29H35FN4O4S. The van der Waals surface area contributed by atoms with Gasteiger partial charge < -0.3 is 9.64 Å². The molecule has 1 saturated carbocycles. The normalized spacial score (nSPS) is 20.6. The van der Waals surface area contributed by atoms with E-state index in [4.69, 9.17) is 4.74 Å². The SMILES string of the molecule is CCC1CCC(Oc2c(N3CCN(S(=O)(=O)Cc4ccccc4)CC3)cnn(-c3ccc(F)cc3)c2=O)CC1. The molecule has 1 aliphatic carbocycles. The Hall–Kier alpha value is -3.24. The number of anilines is 1. The van der Waals surface area contributed by atoms with Crippen LogP contribution < -0.4 is 15.2 Å². The van der Waals surface area contributed by atoms with Crippen LogP contribution in [0.25, 0.3) is 5.69 Å². The van der Waals surface area contributed by atoms with Crippen molar-refractivity contribution in [1.82, 2.24) is 14.1 Å². The lowest BCUT2D eigenvalue weighted by Gasteiger charge is -2.36. The standard InChI is InChI=1S/C29H35FN4O4S/c1-2-22-8-14-26(15-9-22)38-28-27(20-31-34(29(28)35)25-12-10-24(30)11-13-25)32-16-18-33(19-17-32)39(36,37)21-23-6-4-3-5-7-23/h3-7,10-13,20,22,26H,2,8-9,14-19,21H2,1H3. The molecule has 1 saturated heterocycles. The van der Waals surface area contributed by atoms with Gasteiger partial charge in [-0.1, -0.05) is 43.7 Å². The Labute approximate surface area is 229 Å². The van der Waals surface area contributed by atoms with Gasteiger partial charge in [0.25, 0.3) is 0 Å². The molecule has 0 radical (unpaired) electrons. The molecule has 208 valence electrons. The molecule has 0 spiro atoms. The van der Waals surface area contributed by atoms with Gasteiger partial charge >= 0.3 is 5.56 Å². The Morgan fingerprint density at radius 1 is 0.949 bits per heavy atom. The average molecular weight is 555 g/mol. The third-order valence-corrected chi connectivity index (χ3v) is 9.66. The van der Waals surface area contributed by atoms with E-state index < -0.39 is 21.4 Å². The Bertz CT molecular complexity index is 1410. The minimum absolute atomic E-state index is 0.0437. The predicted octanol–water partition coefficient (Wildman–Crippen LogP) is 4.37. The van der Waals surface area contributed by atoms with E-state index in [1.807, 2.05) is 35.2 Å². The monoisotopic (exact) mass is 554 g/mol. The van der Waals surface area contributed by atoms with Gasteiger partial charge in [-0.05, 0) is 61.4 Å². The fourth-order valence-corrected chi connectivity index (χ4v) is 6.96. The Balaban J connectivity index is 1.37. The van der Waals surface area contributed by atoms with Crippen LogP contribution in [0.1, 0.15) is 44.6 Å². The first-order valence-electron chi connectivity index (χ1n) is 13.7. The van der Waals surface area contributed by atoms with Gasteiger partial charge in [0.05, 0.1) is 23.7 Å². The zero-order valence-corrected chi connectivity index (χ0v) is 23.0. The van der Waals surface area contributed by atoms with Crippen molar-refractivity contribution >= 4 is 15.7 Å². The van der Waals surface area contributed by atoms with Crippen LogP contribution >= 0.6 is 0 Å². The number of nitrogens with zero attached hydrogens (tertiary/aromatic N) is 4. The first-order valence-corrected chi connectivity index (χ1v) is 15.3. The van der Waals surface area contributed by atoms with Crippen LogP contribution in [0.3, 0.4) is 0 Å². The summed E-state index contributed by atoms with van der Waals surface area (Å²) in [4.78, 5) is 15.7. The quantitative estimate of drug-likeness (QED) is 0.411. The van der Waals surface area contributed by atoms with Gasteiger partial charge in [0.1, 0.15) is 11.5 Å². The van der Waals surface area contributed by atoms with Gasteiger partial charge in [-0.3, -0.25) is 4.79 Å². The van der Waals surface area contributed by atoms with Crippen LogP contribution in [0.5, 0.6) is 5.75 Å². The molecule has 10 heteroatoms. The van der Waals surface area contributed by atoms with Crippen molar-refractivity contribution in [2.75, 3.05) is 31.1 Å². The Morgan fingerprint density at radius 3 is 2.26 bits per heavy atom. The third kappa shape index (κ3) is 6.33. The van der Waals surface area contributed by atoms with E-state index in [1.54, 1.807) is 6.20 Å². The highest BCUT2D eigenvalue weighted by molar-refractivity contribution is 7.88. The maximum absolute atomic E-state index is 13.7. The van der Waals surface area contributed by atoms with E-state index in [0.717, 1.165) is 37.7 Å². The molecule has 1 aromatic heterocycles. The van der Waals surface area contributed by atoms with Crippen molar-refractivity contribution in [1.29, 1.82) is 0 Å². The number of ether oxygens (including phenoxy) is 1. The highest BCUT2D eigenvalue weighted by Gasteiger charge is 2.31. The van der Waals surface area contributed by atoms with E-state index in [2.05, 4.69) is 12.0 Å². The smallest absolute Gasteiger partial charge is 0.316 e. The van der Waals surface area contributed by atoms with Crippen LogP contribution in [0.4, 0.5) is 10.1 Å². The lowest BCUT2D eigenvalue weighted by atomic mass is 9.86. The largest absolute Gasteiger partial charge is 0.483 e. The second-order valence-corrected chi connectivity index (χ2v) is 12.3. The molecule has 2 aromatic carbocycles. The van der Waals surface area contributed by atoms with Gasteiger partial charge in [0.2, 0.25) is 15.8 Å². The Kier molecular flexibility index (Phi) is 8.32. The summed E-state index contributed by atoms with van der Waals surface area (Å²) in [6.45, 7) is 3.63. The molecule has 2 aliphatic rings. The predicted molar refractivity (Wildman–Crippen MR) is 149 cm³/mol. The van der Waals surface area contributed by atoms with Gasteiger partial charge in [-0.15, -0.1) is 0 Å². The number of rotatable bonds is 8. The van der Waals surface area contributed by atoms with Crippen molar-refractivity contribution in [2.24, 2.45) is 5.92 Å². The number of piperazine rings is 1. The zero-order chi connectivity index (χ0) is 27.4. The van der Waals surface area contributed by atoms with E-state index in [1.165, 1.54) is 33.3 Å². The zero-order valence-electron chi connectivity index (χ0n) is 22.2. The van der Waals surface area contributed by atoms with Gasteiger partial charge in [-0.2, -0.15) is 14.1 Å². The maximum Gasteiger partial charge on any atom is 0.316 e. The number of halogens is 1. The van der Waals surface area contributed by atoms with Crippen LogP contribution in [0.15, 0.2) is 65.6 Å². The fourth-order valence-electron chi connectivity index (χ4n) is 5.44. The number of sulfonamides is 1. The molecule has 5 rings (SSSR count). The minimum Gasteiger partial charge on any atom is -0.483 e. The minimum atomic E-state index is -3.47. The fraction of sp³-hybridized carbons (Fsp3) is 0.448. The molecule has 0 bridgehead atoms. The summed E-state index contributed by atoms with van der Waals surface area (Å²) in [7, 11) is -3.47. The van der Waals surface area contributed by atoms with Crippen LogP contribution in [-0.2, 0) is 15.8 Å². The van der Waals surface area contributed by atoms with E-state index in [-0.39, 0.29) is 17.6 Å². The summed E-state index contributed by atoms with van der Waals surface area (Å²) < 4.78 is 48.8. The van der Waals surface area contributed by atoms with Crippen LogP contribution in [0.2, 0.25) is 0 Å². The van der Waals surface area contributed by atoms with Gasteiger partial charge in [0.15, 0.2) is 0 Å². The summed E-state index contributed by atoms with van der Waals surface area (Å²) in [5.74, 6) is 0.462. The topological polar surface area (TPSA) is 84.7 Å². The lowest BCUT2D eigenvalue weighted by molar-refractivity contribution is 0.128. The summed E-state index contributed by atoms with van der Waals surface area (Å²) in [5.41, 5.74) is 1.36. The second kappa shape index (κ2) is 11.9. The van der Waals surface area contributed by atoms with E-state index >= 15 is 0 Å². The molecule has 2 heterocycles. The second-order valence-electron chi connectivity index (χ2n) is 10.3. The first-order chi connectivity index (χ1) is 18.8. The number of benzene rings is 2. The van der Waals surface area contributed by atoms with Crippen molar-refractivity contribution in [3.63, 3.8) is 0 Å². The molecule has 1 aliphatic heterocycles. The lowest BCUT2D eigenvalue weighted by Crippen LogP contribution is -2.49. The summed E-state index contributed by atoms with van der Waals surface area (Å²) in [6.07, 6.45) is 6.55. The molecule has 0 N–H and O–H groups in total. The van der Waals surface area contributed by atoms with Gasteiger partial charge in [0, 0.05) is 26.2 Å². The highest BCUT2D eigenvalue weighted by atomic mass is 32.2. The molecule has 2 fully saturated rings. The third-order valence-electron chi connectivity index (χ3n) is 7.81. The van der Waals surface area contributed by atoms with Crippen LogP contribution in [-0.4, -0.2) is 54.8 Å². The van der Waals surface area contributed by atoms with E-state index in [0.29, 0.717) is 43.5 Å². The Morgan fingerprint density at radius 2 is 1.62 bits per heavy atom. The number of aromatic nitrogens is 2. The van der Waals surface area contributed by atoms with Gasteiger partial charge in [-0.25, -0.2) is 12.8 Å². The summed E-state index contributed by atoms with van der Waals surface area (Å²) in [6, 6.07) is 14.8. The van der Waals surface area contributed by atoms with Crippen LogP contribution in [0, 0.1) is 11.7 Å². The molecule has 0 unspecified atom stereocenters. The molecular weight excluding hydrogens is 519 g/mol. The average Bonchev–Trinajstić information content (AvgIpc) is 2.95.